The molecular weight excluding hydrogens is 270 g/mol. The number of urea groups is 1. The van der Waals surface area contributed by atoms with Crippen LogP contribution in [0.5, 0.6) is 0 Å². The molecule has 2 rings (SSSR count). The fourth-order valence-electron chi connectivity index (χ4n) is 3.21. The summed E-state index contributed by atoms with van der Waals surface area (Å²) in [5.74, 6) is -0.801. The molecule has 120 valence electrons. The Hall–Kier alpha value is -1.30. The van der Waals surface area contributed by atoms with Gasteiger partial charge in [0, 0.05) is 45.3 Å². The van der Waals surface area contributed by atoms with Gasteiger partial charge in [-0.3, -0.25) is 9.69 Å². The van der Waals surface area contributed by atoms with Gasteiger partial charge in [0.05, 0.1) is 5.41 Å². The summed E-state index contributed by atoms with van der Waals surface area (Å²) in [6.07, 6.45) is 1.41. The number of aliphatic carboxylic acids is 1. The maximum Gasteiger partial charge on any atom is 0.320 e. The predicted octanol–water partition coefficient (Wildman–Crippen LogP) is 1.32. The van der Waals surface area contributed by atoms with Gasteiger partial charge in [0.1, 0.15) is 0 Å². The standard InChI is InChI=1S/C15H27N3O3/c1-12(2)16-7-9-17(10-8-16)14(21)18-6-4-5-15(3,11-18)13(19)20/h12H,4-11H2,1-3H3,(H,19,20). The molecule has 2 aliphatic heterocycles. The summed E-state index contributed by atoms with van der Waals surface area (Å²) in [6, 6.07) is 0.512. The molecule has 1 atom stereocenters. The molecule has 0 aromatic carbocycles. The summed E-state index contributed by atoms with van der Waals surface area (Å²) in [4.78, 5) is 29.9. The van der Waals surface area contributed by atoms with Gasteiger partial charge in [-0.05, 0) is 33.6 Å². The van der Waals surface area contributed by atoms with E-state index >= 15 is 0 Å². The van der Waals surface area contributed by atoms with Crippen molar-refractivity contribution in [1.29, 1.82) is 0 Å². The molecule has 0 aromatic heterocycles. The topological polar surface area (TPSA) is 64.1 Å². The van der Waals surface area contributed by atoms with E-state index < -0.39 is 11.4 Å². The summed E-state index contributed by atoms with van der Waals surface area (Å²) in [7, 11) is 0. The van der Waals surface area contributed by atoms with Crippen molar-refractivity contribution in [1.82, 2.24) is 14.7 Å². The number of hydrogen-bond donors (Lipinski definition) is 1. The highest BCUT2D eigenvalue weighted by Gasteiger charge is 2.40. The second-order valence-corrected chi connectivity index (χ2v) is 6.79. The van der Waals surface area contributed by atoms with Crippen LogP contribution in [0.1, 0.15) is 33.6 Å². The van der Waals surface area contributed by atoms with Crippen molar-refractivity contribution in [3.8, 4) is 0 Å². The van der Waals surface area contributed by atoms with Gasteiger partial charge < -0.3 is 14.9 Å². The van der Waals surface area contributed by atoms with E-state index in [0.717, 1.165) is 32.6 Å². The summed E-state index contributed by atoms with van der Waals surface area (Å²) >= 11 is 0. The number of amides is 2. The minimum Gasteiger partial charge on any atom is -0.481 e. The monoisotopic (exact) mass is 297 g/mol. The number of carboxylic acid groups (broad SMARTS) is 1. The van der Waals surface area contributed by atoms with Gasteiger partial charge in [0.2, 0.25) is 0 Å². The fraction of sp³-hybridized carbons (Fsp3) is 0.867. The molecule has 0 spiro atoms. The second kappa shape index (κ2) is 6.22. The zero-order valence-corrected chi connectivity index (χ0v) is 13.3. The third-order valence-electron chi connectivity index (χ3n) is 4.80. The predicted molar refractivity (Wildman–Crippen MR) is 80.2 cm³/mol. The van der Waals surface area contributed by atoms with Crippen LogP contribution in [0.4, 0.5) is 4.79 Å². The molecule has 0 bridgehead atoms. The highest BCUT2D eigenvalue weighted by Crippen LogP contribution is 2.30. The lowest BCUT2D eigenvalue weighted by molar-refractivity contribution is -0.150. The maximum atomic E-state index is 12.6. The number of carbonyl (C=O) groups excluding carboxylic acids is 1. The van der Waals surface area contributed by atoms with E-state index in [2.05, 4.69) is 18.7 Å². The normalized spacial score (nSPS) is 28.0. The van der Waals surface area contributed by atoms with Crippen molar-refractivity contribution < 1.29 is 14.7 Å². The summed E-state index contributed by atoms with van der Waals surface area (Å²) in [5.41, 5.74) is -0.798. The lowest BCUT2D eigenvalue weighted by Gasteiger charge is -2.42. The average Bonchev–Trinajstić information content (AvgIpc) is 2.46. The summed E-state index contributed by atoms with van der Waals surface area (Å²) in [6.45, 7) is 10.3. The quantitative estimate of drug-likeness (QED) is 0.835. The van der Waals surface area contributed by atoms with E-state index in [1.807, 2.05) is 4.90 Å². The van der Waals surface area contributed by atoms with Gasteiger partial charge in [0.25, 0.3) is 0 Å². The Kier molecular flexibility index (Phi) is 4.76. The Bertz CT molecular complexity index is 405. The zero-order chi connectivity index (χ0) is 15.6. The van der Waals surface area contributed by atoms with Crippen LogP contribution in [0.3, 0.4) is 0 Å². The van der Waals surface area contributed by atoms with Crippen molar-refractivity contribution in [3.63, 3.8) is 0 Å². The molecule has 0 radical (unpaired) electrons. The molecule has 1 unspecified atom stereocenters. The Morgan fingerprint density at radius 1 is 1.05 bits per heavy atom. The van der Waals surface area contributed by atoms with Crippen LogP contribution in [0.2, 0.25) is 0 Å². The number of piperazine rings is 1. The van der Waals surface area contributed by atoms with Crippen molar-refractivity contribution >= 4 is 12.0 Å². The molecule has 0 aromatic rings. The molecular formula is C15H27N3O3. The lowest BCUT2D eigenvalue weighted by atomic mass is 9.82. The van der Waals surface area contributed by atoms with Gasteiger partial charge in [0.15, 0.2) is 0 Å². The van der Waals surface area contributed by atoms with Crippen molar-refractivity contribution in [2.45, 2.75) is 39.7 Å². The maximum absolute atomic E-state index is 12.6. The SMILES string of the molecule is CC(C)N1CCN(C(=O)N2CCCC(C)(C(=O)O)C2)CC1. The van der Waals surface area contributed by atoms with E-state index in [1.165, 1.54) is 0 Å². The van der Waals surface area contributed by atoms with E-state index in [9.17, 15) is 14.7 Å². The molecule has 2 aliphatic rings. The van der Waals surface area contributed by atoms with Crippen LogP contribution < -0.4 is 0 Å². The molecule has 2 amide bonds. The average molecular weight is 297 g/mol. The molecule has 21 heavy (non-hydrogen) atoms. The smallest absolute Gasteiger partial charge is 0.320 e. The Morgan fingerprint density at radius 3 is 2.19 bits per heavy atom. The van der Waals surface area contributed by atoms with Crippen LogP contribution in [0.15, 0.2) is 0 Å². The minimum atomic E-state index is -0.801. The van der Waals surface area contributed by atoms with Crippen molar-refractivity contribution in [3.05, 3.63) is 0 Å². The number of nitrogens with zero attached hydrogens (tertiary/aromatic N) is 3. The van der Waals surface area contributed by atoms with Crippen molar-refractivity contribution in [2.24, 2.45) is 5.41 Å². The van der Waals surface area contributed by atoms with Crippen LogP contribution >= 0.6 is 0 Å². The van der Waals surface area contributed by atoms with Crippen LogP contribution in [0, 0.1) is 5.41 Å². The van der Waals surface area contributed by atoms with Crippen molar-refractivity contribution in [2.75, 3.05) is 39.3 Å². The fourth-order valence-corrected chi connectivity index (χ4v) is 3.21. The molecule has 2 heterocycles. The highest BCUT2D eigenvalue weighted by molar-refractivity contribution is 5.78. The van der Waals surface area contributed by atoms with Crippen LogP contribution in [-0.2, 0) is 4.79 Å². The van der Waals surface area contributed by atoms with Crippen LogP contribution in [0.25, 0.3) is 0 Å². The molecule has 0 saturated carbocycles. The minimum absolute atomic E-state index is 0.00517. The third kappa shape index (κ3) is 3.48. The molecule has 0 aliphatic carbocycles. The first-order chi connectivity index (χ1) is 9.83. The molecule has 2 fully saturated rings. The first-order valence-electron chi connectivity index (χ1n) is 7.85. The van der Waals surface area contributed by atoms with Gasteiger partial charge >= 0.3 is 12.0 Å². The number of carboxylic acids is 1. The first-order valence-corrected chi connectivity index (χ1v) is 7.85. The van der Waals surface area contributed by atoms with Gasteiger partial charge in [-0.1, -0.05) is 0 Å². The first kappa shape index (κ1) is 16.1. The van der Waals surface area contributed by atoms with E-state index in [1.54, 1.807) is 11.8 Å². The third-order valence-corrected chi connectivity index (χ3v) is 4.80. The highest BCUT2D eigenvalue weighted by atomic mass is 16.4. The number of likely N-dealkylation sites (tertiary alicyclic amines) is 1. The Labute approximate surface area is 126 Å². The molecule has 2 saturated heterocycles. The second-order valence-electron chi connectivity index (χ2n) is 6.79. The van der Waals surface area contributed by atoms with Gasteiger partial charge in [-0.15, -0.1) is 0 Å². The summed E-state index contributed by atoms with van der Waals surface area (Å²) < 4.78 is 0. The Balaban J connectivity index is 1.93. The van der Waals surface area contributed by atoms with E-state index in [4.69, 9.17) is 0 Å². The number of carbonyl (C=O) groups is 2. The molecule has 6 heteroatoms. The summed E-state index contributed by atoms with van der Waals surface area (Å²) in [5, 5.41) is 9.34. The Morgan fingerprint density at radius 2 is 1.67 bits per heavy atom. The number of rotatable bonds is 2. The van der Waals surface area contributed by atoms with Gasteiger partial charge in [-0.25, -0.2) is 4.79 Å². The van der Waals surface area contributed by atoms with E-state index in [-0.39, 0.29) is 6.03 Å². The molecule has 6 nitrogen and oxygen atoms in total. The van der Waals surface area contributed by atoms with E-state index in [0.29, 0.717) is 25.6 Å². The number of piperidine rings is 1. The zero-order valence-electron chi connectivity index (χ0n) is 13.3. The van der Waals surface area contributed by atoms with Crippen LogP contribution in [-0.4, -0.2) is 77.1 Å². The van der Waals surface area contributed by atoms with Gasteiger partial charge in [-0.2, -0.15) is 0 Å². The molecule has 1 N–H and O–H groups in total. The number of hydrogen-bond acceptors (Lipinski definition) is 3. The largest absolute Gasteiger partial charge is 0.481 e. The lowest BCUT2D eigenvalue weighted by Crippen LogP contribution is -2.57.